The summed E-state index contributed by atoms with van der Waals surface area (Å²) in [5, 5.41) is 3.45. The van der Waals surface area contributed by atoms with E-state index in [-0.39, 0.29) is 5.91 Å². The number of benzene rings is 1. The number of morpholine rings is 1. The quantitative estimate of drug-likeness (QED) is 0.747. The molecule has 27 heavy (non-hydrogen) atoms. The molecule has 1 unspecified atom stereocenters. The first-order chi connectivity index (χ1) is 13.3. The van der Waals surface area contributed by atoms with E-state index in [0.717, 1.165) is 83.1 Å². The molecule has 2 saturated heterocycles. The Bertz CT molecular complexity index is 584. The summed E-state index contributed by atoms with van der Waals surface area (Å²) in [5.41, 5.74) is 1.02. The second kappa shape index (κ2) is 10.6. The van der Waals surface area contributed by atoms with Gasteiger partial charge in [0.15, 0.2) is 0 Å². The van der Waals surface area contributed by atoms with Crippen LogP contribution < -0.4 is 10.1 Å². The van der Waals surface area contributed by atoms with Crippen molar-refractivity contribution < 1.29 is 14.3 Å². The van der Waals surface area contributed by atoms with Crippen molar-refractivity contribution in [2.24, 2.45) is 0 Å². The van der Waals surface area contributed by atoms with Gasteiger partial charge >= 0.3 is 0 Å². The minimum atomic E-state index is 0.221. The van der Waals surface area contributed by atoms with E-state index in [1.165, 1.54) is 0 Å². The summed E-state index contributed by atoms with van der Waals surface area (Å²) < 4.78 is 10.7. The molecule has 0 spiro atoms. The molecule has 1 aromatic carbocycles. The van der Waals surface area contributed by atoms with Crippen LogP contribution >= 0.6 is 0 Å². The van der Waals surface area contributed by atoms with Gasteiger partial charge in [-0.3, -0.25) is 9.69 Å². The number of piperidine rings is 1. The first-order valence-electron chi connectivity index (χ1n) is 10.2. The van der Waals surface area contributed by atoms with Crippen molar-refractivity contribution in [1.29, 1.82) is 0 Å². The van der Waals surface area contributed by atoms with E-state index in [9.17, 15) is 4.79 Å². The summed E-state index contributed by atoms with van der Waals surface area (Å²) in [7, 11) is 1.66. The van der Waals surface area contributed by atoms with Gasteiger partial charge in [-0.1, -0.05) is 12.1 Å². The van der Waals surface area contributed by atoms with Crippen LogP contribution in [0.5, 0.6) is 5.75 Å². The van der Waals surface area contributed by atoms with Crippen LogP contribution in [0.25, 0.3) is 0 Å². The highest BCUT2D eigenvalue weighted by molar-refractivity contribution is 5.79. The van der Waals surface area contributed by atoms with Gasteiger partial charge in [0, 0.05) is 38.8 Å². The van der Waals surface area contributed by atoms with Crippen LogP contribution in [0.2, 0.25) is 0 Å². The van der Waals surface area contributed by atoms with Crippen molar-refractivity contribution >= 4 is 5.91 Å². The molecule has 2 heterocycles. The first kappa shape index (κ1) is 20.1. The third-order valence-electron chi connectivity index (χ3n) is 5.50. The van der Waals surface area contributed by atoms with Gasteiger partial charge in [0.1, 0.15) is 5.75 Å². The molecule has 1 atom stereocenters. The average Bonchev–Trinajstić information content (AvgIpc) is 2.72. The van der Waals surface area contributed by atoms with Crippen molar-refractivity contribution in [1.82, 2.24) is 15.1 Å². The molecule has 3 rings (SSSR count). The van der Waals surface area contributed by atoms with Crippen LogP contribution in [0.4, 0.5) is 0 Å². The largest absolute Gasteiger partial charge is 0.497 e. The Morgan fingerprint density at radius 3 is 2.96 bits per heavy atom. The van der Waals surface area contributed by atoms with E-state index in [2.05, 4.69) is 15.1 Å². The highest BCUT2D eigenvalue weighted by atomic mass is 16.5. The summed E-state index contributed by atoms with van der Waals surface area (Å²) >= 11 is 0. The molecule has 2 fully saturated rings. The average molecular weight is 376 g/mol. The molecule has 2 aliphatic heterocycles. The van der Waals surface area contributed by atoms with E-state index >= 15 is 0 Å². The normalized spacial score (nSPS) is 21.0. The number of amides is 1. The predicted octanol–water partition coefficient (Wildman–Crippen LogP) is 1.54. The zero-order valence-corrected chi connectivity index (χ0v) is 16.5. The number of nitrogens with zero attached hydrogens (tertiary/aromatic N) is 2. The molecular weight excluding hydrogens is 342 g/mol. The molecule has 6 heteroatoms. The lowest BCUT2D eigenvalue weighted by Gasteiger charge is -2.36. The number of rotatable bonds is 8. The standard InChI is InChI=1S/C21H33N3O3/c1-26-20-7-2-5-18(15-20)16-21(25)24(19-6-3-8-22-17-19)10-4-9-23-11-13-27-14-12-23/h2,5,7,15,19,22H,3-4,6,8-14,16-17H2,1H3. The lowest BCUT2D eigenvalue weighted by molar-refractivity contribution is -0.133. The summed E-state index contributed by atoms with van der Waals surface area (Å²) in [4.78, 5) is 17.7. The number of methoxy groups -OCH3 is 1. The highest BCUT2D eigenvalue weighted by Gasteiger charge is 2.25. The monoisotopic (exact) mass is 375 g/mol. The first-order valence-corrected chi connectivity index (χ1v) is 10.2. The molecule has 0 aliphatic carbocycles. The molecule has 0 radical (unpaired) electrons. The van der Waals surface area contributed by atoms with Gasteiger partial charge in [0.2, 0.25) is 5.91 Å². The Morgan fingerprint density at radius 1 is 1.37 bits per heavy atom. The van der Waals surface area contributed by atoms with Crippen molar-refractivity contribution in [2.45, 2.75) is 31.7 Å². The van der Waals surface area contributed by atoms with Crippen LogP contribution in [-0.4, -0.2) is 81.3 Å². The Balaban J connectivity index is 1.58. The number of carbonyl (C=O) groups excluding carboxylic acids is 1. The van der Waals surface area contributed by atoms with Gasteiger partial charge in [0.25, 0.3) is 0 Å². The Hall–Kier alpha value is -1.63. The zero-order valence-electron chi connectivity index (χ0n) is 16.5. The Morgan fingerprint density at radius 2 is 2.22 bits per heavy atom. The summed E-state index contributed by atoms with van der Waals surface area (Å²) in [6.07, 6.45) is 3.68. The summed E-state index contributed by atoms with van der Waals surface area (Å²) in [6.45, 7) is 7.48. The maximum absolute atomic E-state index is 13.1. The Labute approximate surface area is 162 Å². The molecule has 1 amide bonds. The molecule has 0 saturated carbocycles. The summed E-state index contributed by atoms with van der Waals surface area (Å²) in [5.74, 6) is 1.03. The van der Waals surface area contributed by atoms with Crippen molar-refractivity contribution in [3.8, 4) is 5.75 Å². The second-order valence-corrected chi connectivity index (χ2v) is 7.42. The maximum Gasteiger partial charge on any atom is 0.227 e. The van der Waals surface area contributed by atoms with E-state index < -0.39 is 0 Å². The topological polar surface area (TPSA) is 54.0 Å². The smallest absolute Gasteiger partial charge is 0.227 e. The predicted molar refractivity (Wildman–Crippen MR) is 106 cm³/mol. The molecule has 1 aromatic rings. The van der Waals surface area contributed by atoms with Crippen LogP contribution in [-0.2, 0) is 16.0 Å². The second-order valence-electron chi connectivity index (χ2n) is 7.42. The van der Waals surface area contributed by atoms with Gasteiger partial charge in [-0.25, -0.2) is 0 Å². The van der Waals surface area contributed by atoms with Gasteiger partial charge < -0.3 is 19.7 Å². The van der Waals surface area contributed by atoms with E-state index in [0.29, 0.717) is 12.5 Å². The maximum atomic E-state index is 13.1. The van der Waals surface area contributed by atoms with Crippen molar-refractivity contribution in [3.05, 3.63) is 29.8 Å². The number of nitrogens with one attached hydrogen (secondary N) is 1. The van der Waals surface area contributed by atoms with Crippen LogP contribution in [0.1, 0.15) is 24.8 Å². The lowest BCUT2D eigenvalue weighted by atomic mass is 10.0. The van der Waals surface area contributed by atoms with Crippen LogP contribution in [0.15, 0.2) is 24.3 Å². The molecule has 150 valence electrons. The van der Waals surface area contributed by atoms with Gasteiger partial charge in [-0.2, -0.15) is 0 Å². The number of carbonyl (C=O) groups is 1. The number of hydrogen-bond acceptors (Lipinski definition) is 5. The Kier molecular flexibility index (Phi) is 7.93. The van der Waals surface area contributed by atoms with Crippen LogP contribution in [0.3, 0.4) is 0 Å². The lowest BCUT2D eigenvalue weighted by Crippen LogP contribution is -2.50. The fourth-order valence-corrected chi connectivity index (χ4v) is 3.96. The van der Waals surface area contributed by atoms with Gasteiger partial charge in [0.05, 0.1) is 26.7 Å². The minimum Gasteiger partial charge on any atom is -0.497 e. The minimum absolute atomic E-state index is 0.221. The fraction of sp³-hybridized carbons (Fsp3) is 0.667. The van der Waals surface area contributed by atoms with E-state index in [4.69, 9.17) is 9.47 Å². The SMILES string of the molecule is COc1cccc(CC(=O)N(CCCN2CCOCC2)C2CCCNC2)c1. The molecule has 6 nitrogen and oxygen atoms in total. The third kappa shape index (κ3) is 6.19. The fourth-order valence-electron chi connectivity index (χ4n) is 3.96. The van der Waals surface area contributed by atoms with Crippen molar-refractivity contribution in [3.63, 3.8) is 0 Å². The van der Waals surface area contributed by atoms with Gasteiger partial charge in [-0.15, -0.1) is 0 Å². The molecule has 0 aromatic heterocycles. The molecule has 2 aliphatic rings. The zero-order chi connectivity index (χ0) is 18.9. The summed E-state index contributed by atoms with van der Waals surface area (Å²) in [6, 6.07) is 8.14. The van der Waals surface area contributed by atoms with Gasteiger partial charge in [-0.05, 0) is 43.5 Å². The number of ether oxygens (including phenoxy) is 2. The van der Waals surface area contributed by atoms with Crippen molar-refractivity contribution in [2.75, 3.05) is 59.6 Å². The van der Waals surface area contributed by atoms with E-state index in [1.54, 1.807) is 7.11 Å². The van der Waals surface area contributed by atoms with Crippen LogP contribution in [0, 0.1) is 0 Å². The van der Waals surface area contributed by atoms with E-state index in [1.807, 2.05) is 24.3 Å². The third-order valence-corrected chi connectivity index (χ3v) is 5.50. The highest BCUT2D eigenvalue weighted by Crippen LogP contribution is 2.17. The molecule has 1 N–H and O–H groups in total. The number of hydrogen-bond donors (Lipinski definition) is 1. The molecular formula is C21H33N3O3. The molecule has 0 bridgehead atoms.